The van der Waals surface area contributed by atoms with Gasteiger partial charge in [0.1, 0.15) is 11.6 Å². The predicted molar refractivity (Wildman–Crippen MR) is 82.9 cm³/mol. The van der Waals surface area contributed by atoms with Crippen LogP contribution in [-0.2, 0) is 12.4 Å². The maximum atomic E-state index is 13.6. The van der Waals surface area contributed by atoms with E-state index in [1.54, 1.807) is 6.07 Å². The lowest BCUT2D eigenvalue weighted by molar-refractivity contribution is 0.509. The Bertz CT molecular complexity index is 593. The molecule has 0 amide bonds. The molecule has 0 aliphatic carbocycles. The second-order valence-electron chi connectivity index (χ2n) is 5.46. The number of unbranched alkanes of at least 4 members (excludes halogenated alkanes) is 1. The zero-order valence-electron chi connectivity index (χ0n) is 11.8. The molecule has 1 aromatic heterocycles. The van der Waals surface area contributed by atoms with Crippen molar-refractivity contribution < 1.29 is 4.39 Å². The highest BCUT2D eigenvalue weighted by Crippen LogP contribution is 2.25. The monoisotopic (exact) mass is 316 g/mol. The molecule has 5 heteroatoms. The summed E-state index contributed by atoms with van der Waals surface area (Å²) >= 11 is 11.7. The Balaban J connectivity index is 2.23. The zero-order chi connectivity index (χ0) is 14.7. The van der Waals surface area contributed by atoms with E-state index >= 15 is 0 Å². The van der Waals surface area contributed by atoms with Gasteiger partial charge in [-0.15, -0.1) is 11.6 Å². The number of halogens is 3. The van der Waals surface area contributed by atoms with Crippen molar-refractivity contribution in [2.45, 2.75) is 45.5 Å². The molecule has 20 heavy (non-hydrogen) atoms. The first-order valence-electron chi connectivity index (χ1n) is 6.93. The summed E-state index contributed by atoms with van der Waals surface area (Å²) in [6.07, 6.45) is 3.38. The molecule has 2 rings (SSSR count). The molecular formula is C15H19Cl2FN2. The van der Waals surface area contributed by atoms with Gasteiger partial charge in [-0.25, -0.2) is 9.37 Å². The van der Waals surface area contributed by atoms with Crippen LogP contribution in [0.1, 0.15) is 38.9 Å². The molecule has 0 bridgehead atoms. The van der Waals surface area contributed by atoms with E-state index in [2.05, 4.69) is 18.8 Å². The SMILES string of the molecule is CC(C)CCCCn1c(CCl)nc2cc(Cl)c(F)cc21. The van der Waals surface area contributed by atoms with E-state index in [0.29, 0.717) is 17.3 Å². The molecule has 1 heterocycles. The summed E-state index contributed by atoms with van der Waals surface area (Å²) in [5.74, 6) is 1.38. The molecule has 0 aliphatic heterocycles. The second kappa shape index (κ2) is 6.77. The molecule has 2 nitrogen and oxygen atoms in total. The van der Waals surface area contributed by atoms with E-state index in [1.807, 2.05) is 4.57 Å². The number of fused-ring (bicyclic) bond motifs is 1. The third-order valence-electron chi connectivity index (χ3n) is 3.40. The summed E-state index contributed by atoms with van der Waals surface area (Å²) in [7, 11) is 0. The fraction of sp³-hybridized carbons (Fsp3) is 0.533. The molecule has 0 atom stereocenters. The topological polar surface area (TPSA) is 17.8 Å². The van der Waals surface area contributed by atoms with E-state index in [1.165, 1.54) is 12.5 Å². The van der Waals surface area contributed by atoms with Crippen molar-refractivity contribution in [2.24, 2.45) is 5.92 Å². The van der Waals surface area contributed by atoms with Crippen LogP contribution in [0.5, 0.6) is 0 Å². The molecule has 0 aliphatic rings. The Morgan fingerprint density at radius 1 is 1.30 bits per heavy atom. The number of imidazole rings is 1. The summed E-state index contributed by atoms with van der Waals surface area (Å²) < 4.78 is 15.6. The van der Waals surface area contributed by atoms with E-state index in [4.69, 9.17) is 23.2 Å². The first kappa shape index (κ1) is 15.6. The van der Waals surface area contributed by atoms with Gasteiger partial charge in [0, 0.05) is 12.6 Å². The average Bonchev–Trinajstić information content (AvgIpc) is 2.72. The van der Waals surface area contributed by atoms with Gasteiger partial charge in [0.25, 0.3) is 0 Å². The molecule has 0 N–H and O–H groups in total. The largest absolute Gasteiger partial charge is 0.327 e. The molecule has 0 saturated carbocycles. The van der Waals surface area contributed by atoms with Crippen LogP contribution < -0.4 is 0 Å². The maximum Gasteiger partial charge on any atom is 0.144 e. The van der Waals surface area contributed by atoms with Crippen molar-refractivity contribution in [3.05, 3.63) is 28.8 Å². The third kappa shape index (κ3) is 3.44. The van der Waals surface area contributed by atoms with Gasteiger partial charge in [0.05, 0.1) is 21.9 Å². The van der Waals surface area contributed by atoms with Gasteiger partial charge in [-0.1, -0.05) is 38.3 Å². The van der Waals surface area contributed by atoms with E-state index < -0.39 is 5.82 Å². The summed E-state index contributed by atoms with van der Waals surface area (Å²) in [4.78, 5) is 4.43. The molecule has 0 fully saturated rings. The van der Waals surface area contributed by atoms with Crippen molar-refractivity contribution in [2.75, 3.05) is 0 Å². The molecule has 1 aromatic carbocycles. The summed E-state index contributed by atoms with van der Waals surface area (Å²) in [6, 6.07) is 3.01. The standard InChI is InChI=1S/C15H19Cl2FN2/c1-10(2)5-3-4-6-20-14-8-12(18)11(17)7-13(14)19-15(20)9-16/h7-8,10H,3-6,9H2,1-2H3. The molecule has 2 aromatic rings. The Hall–Kier alpha value is -0.800. The highest BCUT2D eigenvalue weighted by atomic mass is 35.5. The molecule has 110 valence electrons. The van der Waals surface area contributed by atoms with E-state index in [0.717, 1.165) is 30.7 Å². The van der Waals surface area contributed by atoms with Crippen LogP contribution in [-0.4, -0.2) is 9.55 Å². The second-order valence-corrected chi connectivity index (χ2v) is 6.13. The smallest absolute Gasteiger partial charge is 0.144 e. The normalized spacial score (nSPS) is 11.7. The van der Waals surface area contributed by atoms with E-state index in [9.17, 15) is 4.39 Å². The van der Waals surface area contributed by atoms with Crippen molar-refractivity contribution >= 4 is 34.2 Å². The van der Waals surface area contributed by atoms with Crippen LogP contribution in [0.4, 0.5) is 4.39 Å². The Morgan fingerprint density at radius 2 is 2.05 bits per heavy atom. The quantitative estimate of drug-likeness (QED) is 0.515. The lowest BCUT2D eigenvalue weighted by Crippen LogP contribution is -2.03. The Kier molecular flexibility index (Phi) is 5.28. The minimum absolute atomic E-state index is 0.100. The third-order valence-corrected chi connectivity index (χ3v) is 3.93. The van der Waals surface area contributed by atoms with Crippen LogP contribution >= 0.6 is 23.2 Å². The number of nitrogens with zero attached hydrogens (tertiary/aromatic N) is 2. The van der Waals surface area contributed by atoms with Gasteiger partial charge in [0.15, 0.2) is 0 Å². The number of hydrogen-bond acceptors (Lipinski definition) is 1. The lowest BCUT2D eigenvalue weighted by atomic mass is 10.1. The Morgan fingerprint density at radius 3 is 2.70 bits per heavy atom. The van der Waals surface area contributed by atoms with Crippen LogP contribution in [0.3, 0.4) is 0 Å². The zero-order valence-corrected chi connectivity index (χ0v) is 13.3. The van der Waals surface area contributed by atoms with Crippen molar-refractivity contribution in [3.8, 4) is 0 Å². The van der Waals surface area contributed by atoms with Crippen LogP contribution in [0.2, 0.25) is 5.02 Å². The maximum absolute atomic E-state index is 13.6. The Labute approximate surface area is 128 Å². The van der Waals surface area contributed by atoms with E-state index in [-0.39, 0.29) is 5.02 Å². The molecule has 0 radical (unpaired) electrons. The summed E-state index contributed by atoms with van der Waals surface area (Å²) in [6.45, 7) is 5.24. The number of rotatable bonds is 6. The fourth-order valence-corrected chi connectivity index (χ4v) is 2.71. The summed E-state index contributed by atoms with van der Waals surface area (Å²) in [5, 5.41) is 0.100. The van der Waals surface area contributed by atoms with Crippen LogP contribution in [0.25, 0.3) is 11.0 Å². The molecule has 0 unspecified atom stereocenters. The van der Waals surface area contributed by atoms with Gasteiger partial charge in [-0.3, -0.25) is 0 Å². The van der Waals surface area contributed by atoms with Crippen molar-refractivity contribution in [1.29, 1.82) is 0 Å². The molecule has 0 spiro atoms. The minimum Gasteiger partial charge on any atom is -0.327 e. The number of benzene rings is 1. The van der Waals surface area contributed by atoms with Crippen LogP contribution in [0, 0.1) is 11.7 Å². The van der Waals surface area contributed by atoms with Crippen molar-refractivity contribution in [1.82, 2.24) is 9.55 Å². The molecular weight excluding hydrogens is 298 g/mol. The average molecular weight is 317 g/mol. The molecule has 0 saturated heterocycles. The van der Waals surface area contributed by atoms with Crippen LogP contribution in [0.15, 0.2) is 12.1 Å². The number of hydrogen-bond donors (Lipinski definition) is 0. The van der Waals surface area contributed by atoms with Gasteiger partial charge in [-0.2, -0.15) is 0 Å². The van der Waals surface area contributed by atoms with Gasteiger partial charge < -0.3 is 4.57 Å². The first-order valence-corrected chi connectivity index (χ1v) is 7.84. The first-order chi connectivity index (χ1) is 9.52. The minimum atomic E-state index is -0.413. The number of aromatic nitrogens is 2. The fourth-order valence-electron chi connectivity index (χ4n) is 2.34. The van der Waals surface area contributed by atoms with Gasteiger partial charge in [-0.05, 0) is 18.4 Å². The van der Waals surface area contributed by atoms with Gasteiger partial charge >= 0.3 is 0 Å². The predicted octanol–water partition coefficient (Wildman–Crippen LogP) is 5.39. The summed E-state index contributed by atoms with van der Waals surface area (Å²) in [5.41, 5.74) is 1.48. The number of alkyl halides is 1. The highest BCUT2D eigenvalue weighted by molar-refractivity contribution is 6.31. The number of aryl methyl sites for hydroxylation is 1. The lowest BCUT2D eigenvalue weighted by Gasteiger charge is -2.09. The van der Waals surface area contributed by atoms with Crippen molar-refractivity contribution in [3.63, 3.8) is 0 Å². The highest BCUT2D eigenvalue weighted by Gasteiger charge is 2.12. The van der Waals surface area contributed by atoms with Gasteiger partial charge in [0.2, 0.25) is 0 Å².